The lowest BCUT2D eigenvalue weighted by molar-refractivity contribution is 0.262. The number of aliphatic hydroxyl groups excluding tert-OH is 1. The molecule has 4 N–H and O–H groups in total. The molecule has 0 saturated carbocycles. The van der Waals surface area contributed by atoms with Crippen LogP contribution in [-0.4, -0.2) is 28.9 Å². The van der Waals surface area contributed by atoms with Gasteiger partial charge in [0.1, 0.15) is 0 Å². The maximum absolute atomic E-state index is 8.84. The van der Waals surface area contributed by atoms with E-state index in [2.05, 4.69) is 28.2 Å². The zero-order valence-corrected chi connectivity index (χ0v) is 10.1. The molecular formula is C13H19N3O. The van der Waals surface area contributed by atoms with Crippen LogP contribution >= 0.6 is 0 Å². The molecule has 1 aromatic heterocycles. The lowest BCUT2D eigenvalue weighted by atomic mass is 10.2. The Bertz CT molecular complexity index is 492. The Morgan fingerprint density at radius 3 is 2.94 bits per heavy atom. The summed E-state index contributed by atoms with van der Waals surface area (Å²) in [5, 5.41) is 13.4. The molecule has 92 valence electrons. The number of hydrogen-bond acceptors (Lipinski definition) is 3. The second-order valence-electron chi connectivity index (χ2n) is 4.36. The van der Waals surface area contributed by atoms with E-state index in [0.29, 0.717) is 6.54 Å². The standard InChI is InChI=1S/C13H19N3O/c1-16-8-10(6-15-7-11(14)9-17)12-4-2-3-5-13(12)16/h2-5,8,11,15,17H,6-7,9,14H2,1H3. The number of aryl methyl sites for hydroxylation is 1. The first-order valence-electron chi connectivity index (χ1n) is 5.82. The van der Waals surface area contributed by atoms with Crippen molar-refractivity contribution < 1.29 is 5.11 Å². The Balaban J connectivity index is 2.09. The number of para-hydroxylation sites is 1. The van der Waals surface area contributed by atoms with Crippen LogP contribution in [-0.2, 0) is 13.6 Å². The highest BCUT2D eigenvalue weighted by Gasteiger charge is 2.06. The van der Waals surface area contributed by atoms with E-state index in [9.17, 15) is 0 Å². The van der Waals surface area contributed by atoms with Gasteiger partial charge in [0.05, 0.1) is 6.61 Å². The van der Waals surface area contributed by atoms with Crippen LogP contribution in [0.1, 0.15) is 5.56 Å². The molecule has 0 amide bonds. The molecule has 17 heavy (non-hydrogen) atoms. The molecule has 1 heterocycles. The SMILES string of the molecule is Cn1cc(CNCC(N)CO)c2ccccc21. The third kappa shape index (κ3) is 2.66. The molecule has 1 aromatic carbocycles. The minimum atomic E-state index is -0.190. The van der Waals surface area contributed by atoms with Crippen molar-refractivity contribution in [2.45, 2.75) is 12.6 Å². The van der Waals surface area contributed by atoms with Crippen LogP contribution in [0.3, 0.4) is 0 Å². The van der Waals surface area contributed by atoms with Gasteiger partial charge in [0, 0.05) is 43.3 Å². The summed E-state index contributed by atoms with van der Waals surface area (Å²) in [4.78, 5) is 0. The largest absolute Gasteiger partial charge is 0.395 e. The van der Waals surface area contributed by atoms with Crippen molar-refractivity contribution in [3.8, 4) is 0 Å². The normalized spacial score (nSPS) is 13.1. The molecule has 1 unspecified atom stereocenters. The molecular weight excluding hydrogens is 214 g/mol. The fourth-order valence-corrected chi connectivity index (χ4v) is 2.02. The Hall–Kier alpha value is -1.36. The van der Waals surface area contributed by atoms with Gasteiger partial charge in [0.2, 0.25) is 0 Å². The van der Waals surface area contributed by atoms with Gasteiger partial charge in [-0.15, -0.1) is 0 Å². The lowest BCUT2D eigenvalue weighted by Gasteiger charge is -2.08. The minimum Gasteiger partial charge on any atom is -0.395 e. The van der Waals surface area contributed by atoms with Crippen molar-refractivity contribution >= 4 is 10.9 Å². The van der Waals surface area contributed by atoms with E-state index in [1.807, 2.05) is 19.2 Å². The molecule has 1 atom stereocenters. The molecule has 2 rings (SSSR count). The maximum atomic E-state index is 8.84. The Labute approximate surface area is 101 Å². The number of fused-ring (bicyclic) bond motifs is 1. The lowest BCUT2D eigenvalue weighted by Crippen LogP contribution is -2.36. The maximum Gasteiger partial charge on any atom is 0.0594 e. The quantitative estimate of drug-likeness (QED) is 0.708. The highest BCUT2D eigenvalue weighted by molar-refractivity contribution is 5.83. The zero-order chi connectivity index (χ0) is 12.3. The molecule has 0 bridgehead atoms. The van der Waals surface area contributed by atoms with Crippen molar-refractivity contribution in [2.75, 3.05) is 13.2 Å². The average Bonchev–Trinajstić information content (AvgIpc) is 2.67. The van der Waals surface area contributed by atoms with Crippen LogP contribution in [0.15, 0.2) is 30.5 Å². The van der Waals surface area contributed by atoms with Crippen molar-refractivity contribution in [2.24, 2.45) is 12.8 Å². The number of aliphatic hydroxyl groups is 1. The van der Waals surface area contributed by atoms with Gasteiger partial charge in [-0.2, -0.15) is 0 Å². The number of nitrogens with two attached hydrogens (primary N) is 1. The number of aromatic nitrogens is 1. The molecule has 0 fully saturated rings. The topological polar surface area (TPSA) is 63.2 Å². The van der Waals surface area contributed by atoms with E-state index in [4.69, 9.17) is 10.8 Å². The predicted octanol–water partition coefficient (Wildman–Crippen LogP) is 0.588. The first-order chi connectivity index (χ1) is 8.22. The van der Waals surface area contributed by atoms with Gasteiger partial charge in [-0.05, 0) is 11.6 Å². The predicted molar refractivity (Wildman–Crippen MR) is 69.7 cm³/mol. The summed E-state index contributed by atoms with van der Waals surface area (Å²) in [5.41, 5.74) is 8.13. The van der Waals surface area contributed by atoms with Crippen LogP contribution in [0.2, 0.25) is 0 Å². The van der Waals surface area contributed by atoms with E-state index in [0.717, 1.165) is 6.54 Å². The van der Waals surface area contributed by atoms with Gasteiger partial charge in [0.15, 0.2) is 0 Å². The summed E-state index contributed by atoms with van der Waals surface area (Å²) >= 11 is 0. The minimum absolute atomic E-state index is 0.0164. The third-order valence-electron chi connectivity index (χ3n) is 2.94. The van der Waals surface area contributed by atoms with Crippen LogP contribution in [0.5, 0.6) is 0 Å². The van der Waals surface area contributed by atoms with E-state index < -0.39 is 0 Å². The van der Waals surface area contributed by atoms with Crippen LogP contribution in [0.4, 0.5) is 0 Å². The smallest absolute Gasteiger partial charge is 0.0594 e. The molecule has 4 nitrogen and oxygen atoms in total. The Morgan fingerprint density at radius 2 is 2.18 bits per heavy atom. The second-order valence-corrected chi connectivity index (χ2v) is 4.36. The molecule has 0 aliphatic heterocycles. The van der Waals surface area contributed by atoms with Crippen molar-refractivity contribution in [1.29, 1.82) is 0 Å². The second kappa shape index (κ2) is 5.31. The zero-order valence-electron chi connectivity index (χ0n) is 10.1. The van der Waals surface area contributed by atoms with Crippen LogP contribution in [0.25, 0.3) is 10.9 Å². The average molecular weight is 233 g/mol. The summed E-state index contributed by atoms with van der Waals surface area (Å²) < 4.78 is 2.12. The number of hydrogen-bond donors (Lipinski definition) is 3. The molecule has 2 aromatic rings. The fraction of sp³-hybridized carbons (Fsp3) is 0.385. The summed E-state index contributed by atoms with van der Waals surface area (Å²) in [6.07, 6.45) is 2.13. The molecule has 0 aliphatic carbocycles. The first-order valence-corrected chi connectivity index (χ1v) is 5.82. The van der Waals surface area contributed by atoms with Gasteiger partial charge < -0.3 is 20.7 Å². The van der Waals surface area contributed by atoms with E-state index in [1.165, 1.54) is 16.5 Å². The summed E-state index contributed by atoms with van der Waals surface area (Å²) in [5.74, 6) is 0. The first kappa shape index (κ1) is 12.1. The highest BCUT2D eigenvalue weighted by Crippen LogP contribution is 2.19. The van der Waals surface area contributed by atoms with Gasteiger partial charge >= 0.3 is 0 Å². The summed E-state index contributed by atoms with van der Waals surface area (Å²) in [6, 6.07) is 8.13. The Morgan fingerprint density at radius 1 is 1.41 bits per heavy atom. The molecule has 0 saturated heterocycles. The fourth-order valence-electron chi connectivity index (χ4n) is 2.02. The molecule has 4 heteroatoms. The number of nitrogens with one attached hydrogen (secondary N) is 1. The molecule has 0 spiro atoms. The molecule has 0 radical (unpaired) electrons. The summed E-state index contributed by atoms with van der Waals surface area (Å²) in [6.45, 7) is 1.41. The van der Waals surface area contributed by atoms with Crippen LogP contribution in [0, 0.1) is 0 Å². The Kier molecular flexibility index (Phi) is 3.78. The van der Waals surface area contributed by atoms with Crippen molar-refractivity contribution in [3.05, 3.63) is 36.0 Å². The van der Waals surface area contributed by atoms with Gasteiger partial charge in [-0.25, -0.2) is 0 Å². The number of rotatable bonds is 5. The monoisotopic (exact) mass is 233 g/mol. The van der Waals surface area contributed by atoms with Gasteiger partial charge in [-0.1, -0.05) is 18.2 Å². The van der Waals surface area contributed by atoms with E-state index in [-0.39, 0.29) is 12.6 Å². The molecule has 0 aliphatic rings. The number of nitrogens with zero attached hydrogens (tertiary/aromatic N) is 1. The van der Waals surface area contributed by atoms with Crippen LogP contribution < -0.4 is 11.1 Å². The van der Waals surface area contributed by atoms with E-state index >= 15 is 0 Å². The van der Waals surface area contributed by atoms with Crippen molar-refractivity contribution in [3.63, 3.8) is 0 Å². The van der Waals surface area contributed by atoms with Crippen molar-refractivity contribution in [1.82, 2.24) is 9.88 Å². The number of benzene rings is 1. The third-order valence-corrected chi connectivity index (χ3v) is 2.94. The van der Waals surface area contributed by atoms with E-state index in [1.54, 1.807) is 0 Å². The van der Waals surface area contributed by atoms with Gasteiger partial charge in [-0.3, -0.25) is 0 Å². The highest BCUT2D eigenvalue weighted by atomic mass is 16.3. The van der Waals surface area contributed by atoms with Gasteiger partial charge in [0.25, 0.3) is 0 Å². The summed E-state index contributed by atoms with van der Waals surface area (Å²) in [7, 11) is 2.05.